The molecule has 1 fully saturated rings. The molecule has 0 amide bonds. The maximum atomic E-state index is 2.39. The van der Waals surface area contributed by atoms with Crippen molar-refractivity contribution in [2.45, 2.75) is 53.4 Å². The second-order valence-corrected chi connectivity index (χ2v) is 5.55. The minimum absolute atomic E-state index is 0.550. The van der Waals surface area contributed by atoms with Crippen LogP contribution in [0.2, 0.25) is 0 Å². The normalized spacial score (nSPS) is 32.7. The molecule has 0 N–H and O–H groups in total. The fourth-order valence-electron chi connectivity index (χ4n) is 2.38. The van der Waals surface area contributed by atoms with Gasteiger partial charge in [0, 0.05) is 0 Å². The van der Waals surface area contributed by atoms with E-state index in [1.165, 1.54) is 25.7 Å². The maximum absolute atomic E-state index is 2.39. The van der Waals surface area contributed by atoms with Gasteiger partial charge in [-0.05, 0) is 30.1 Å². The lowest BCUT2D eigenvalue weighted by Gasteiger charge is -2.22. The third-order valence-corrected chi connectivity index (χ3v) is 2.70. The third kappa shape index (κ3) is 3.27. The molecule has 1 aliphatic rings. The van der Waals surface area contributed by atoms with Crippen LogP contribution in [0.4, 0.5) is 0 Å². The minimum atomic E-state index is 0.550. The van der Waals surface area contributed by atoms with Crippen molar-refractivity contribution in [2.24, 2.45) is 17.3 Å². The van der Waals surface area contributed by atoms with Crippen molar-refractivity contribution >= 4 is 0 Å². The second-order valence-electron chi connectivity index (χ2n) is 5.55. The molecule has 0 heterocycles. The molecule has 1 rings (SSSR count). The summed E-state index contributed by atoms with van der Waals surface area (Å²) in [5, 5.41) is 0. The van der Waals surface area contributed by atoms with Gasteiger partial charge < -0.3 is 0 Å². The standard InChI is InChI=1S/C11H22/c1-9-5-6-10(7-9)8-11(2,3)4/h9-10H,5-8H2,1-4H3/t9-,10-/m0/s1. The lowest BCUT2D eigenvalue weighted by atomic mass is 9.84. The molecule has 0 unspecified atom stereocenters. The third-order valence-electron chi connectivity index (χ3n) is 2.70. The Morgan fingerprint density at radius 1 is 1.18 bits per heavy atom. The van der Waals surface area contributed by atoms with Crippen LogP contribution in [0.3, 0.4) is 0 Å². The van der Waals surface area contributed by atoms with Crippen LogP contribution in [0, 0.1) is 17.3 Å². The van der Waals surface area contributed by atoms with Crippen molar-refractivity contribution < 1.29 is 0 Å². The summed E-state index contributed by atoms with van der Waals surface area (Å²) in [6, 6.07) is 0. The highest BCUT2D eigenvalue weighted by atomic mass is 14.3. The number of hydrogen-bond donors (Lipinski definition) is 0. The quantitative estimate of drug-likeness (QED) is 0.538. The molecule has 66 valence electrons. The summed E-state index contributed by atoms with van der Waals surface area (Å²) < 4.78 is 0. The van der Waals surface area contributed by atoms with Gasteiger partial charge in [-0.15, -0.1) is 0 Å². The monoisotopic (exact) mass is 154 g/mol. The molecule has 0 aromatic heterocycles. The van der Waals surface area contributed by atoms with Crippen molar-refractivity contribution in [1.29, 1.82) is 0 Å². The van der Waals surface area contributed by atoms with Gasteiger partial charge >= 0.3 is 0 Å². The van der Waals surface area contributed by atoms with E-state index in [4.69, 9.17) is 0 Å². The summed E-state index contributed by atoms with van der Waals surface area (Å²) in [4.78, 5) is 0. The van der Waals surface area contributed by atoms with E-state index in [-0.39, 0.29) is 0 Å². The molecule has 11 heavy (non-hydrogen) atoms. The minimum Gasteiger partial charge on any atom is -0.0625 e. The molecule has 0 aliphatic heterocycles. The van der Waals surface area contributed by atoms with Crippen molar-refractivity contribution in [3.05, 3.63) is 0 Å². The summed E-state index contributed by atoms with van der Waals surface area (Å²) in [6.07, 6.45) is 5.87. The summed E-state index contributed by atoms with van der Waals surface area (Å²) >= 11 is 0. The van der Waals surface area contributed by atoms with E-state index < -0.39 is 0 Å². The van der Waals surface area contributed by atoms with Gasteiger partial charge in [-0.3, -0.25) is 0 Å². The lowest BCUT2D eigenvalue weighted by Crippen LogP contribution is -2.10. The van der Waals surface area contributed by atoms with Crippen molar-refractivity contribution in [3.63, 3.8) is 0 Å². The molecular formula is C11H22. The average Bonchev–Trinajstić information content (AvgIpc) is 2.10. The Balaban J connectivity index is 2.29. The Morgan fingerprint density at radius 3 is 2.18 bits per heavy atom. The fourth-order valence-corrected chi connectivity index (χ4v) is 2.38. The molecule has 0 saturated heterocycles. The average molecular weight is 154 g/mol. The highest BCUT2D eigenvalue weighted by Crippen LogP contribution is 2.37. The van der Waals surface area contributed by atoms with Crippen LogP contribution in [-0.4, -0.2) is 0 Å². The van der Waals surface area contributed by atoms with Crippen LogP contribution in [0.25, 0.3) is 0 Å². The second kappa shape index (κ2) is 3.16. The van der Waals surface area contributed by atoms with Crippen LogP contribution in [0.1, 0.15) is 53.4 Å². The largest absolute Gasteiger partial charge is 0.0625 e. The Bertz CT molecular complexity index is 118. The first-order valence-corrected chi connectivity index (χ1v) is 4.97. The van der Waals surface area contributed by atoms with Crippen molar-refractivity contribution in [3.8, 4) is 0 Å². The van der Waals surface area contributed by atoms with Crippen LogP contribution < -0.4 is 0 Å². The smallest absolute Gasteiger partial charge is 0.0380 e. The SMILES string of the molecule is C[C@H]1CC[C@H](CC(C)(C)C)C1. The van der Waals surface area contributed by atoms with E-state index in [9.17, 15) is 0 Å². The van der Waals surface area contributed by atoms with Gasteiger partial charge in [0.1, 0.15) is 0 Å². The first-order chi connectivity index (χ1) is 4.97. The van der Waals surface area contributed by atoms with Crippen LogP contribution in [0.5, 0.6) is 0 Å². The Morgan fingerprint density at radius 2 is 1.82 bits per heavy atom. The van der Waals surface area contributed by atoms with Crippen molar-refractivity contribution in [1.82, 2.24) is 0 Å². The highest BCUT2D eigenvalue weighted by Gasteiger charge is 2.25. The molecule has 0 nitrogen and oxygen atoms in total. The van der Waals surface area contributed by atoms with E-state index in [0.717, 1.165) is 11.8 Å². The Hall–Kier alpha value is 0. The fraction of sp³-hybridized carbons (Fsp3) is 1.00. The van der Waals surface area contributed by atoms with Gasteiger partial charge in [0.15, 0.2) is 0 Å². The first-order valence-electron chi connectivity index (χ1n) is 4.97. The van der Waals surface area contributed by atoms with Crippen LogP contribution in [0.15, 0.2) is 0 Å². The zero-order valence-corrected chi connectivity index (χ0v) is 8.48. The van der Waals surface area contributed by atoms with Gasteiger partial charge in [0.05, 0.1) is 0 Å². The topological polar surface area (TPSA) is 0 Å². The predicted molar refractivity (Wildman–Crippen MR) is 50.6 cm³/mol. The molecule has 2 atom stereocenters. The maximum Gasteiger partial charge on any atom is -0.0380 e. The zero-order valence-electron chi connectivity index (χ0n) is 8.48. The molecule has 0 spiro atoms. The molecule has 0 aromatic rings. The number of hydrogen-bond acceptors (Lipinski definition) is 0. The molecule has 0 heteroatoms. The Labute approximate surface area is 71.4 Å². The van der Waals surface area contributed by atoms with Gasteiger partial charge in [0.2, 0.25) is 0 Å². The number of rotatable bonds is 1. The molecule has 0 bridgehead atoms. The van der Waals surface area contributed by atoms with Crippen molar-refractivity contribution in [2.75, 3.05) is 0 Å². The van der Waals surface area contributed by atoms with E-state index in [1.54, 1.807) is 0 Å². The molecule has 1 aliphatic carbocycles. The molecule has 0 radical (unpaired) electrons. The summed E-state index contributed by atoms with van der Waals surface area (Å²) in [6.45, 7) is 9.46. The molecule has 1 saturated carbocycles. The van der Waals surface area contributed by atoms with Gasteiger partial charge in [-0.25, -0.2) is 0 Å². The van der Waals surface area contributed by atoms with Gasteiger partial charge in [-0.2, -0.15) is 0 Å². The van der Waals surface area contributed by atoms with E-state index in [1.807, 2.05) is 0 Å². The zero-order chi connectivity index (χ0) is 8.48. The van der Waals surface area contributed by atoms with Crippen LogP contribution >= 0.6 is 0 Å². The van der Waals surface area contributed by atoms with E-state index in [0.29, 0.717) is 5.41 Å². The molecule has 0 aromatic carbocycles. The van der Waals surface area contributed by atoms with Gasteiger partial charge in [0.25, 0.3) is 0 Å². The lowest BCUT2D eigenvalue weighted by molar-refractivity contribution is 0.293. The van der Waals surface area contributed by atoms with Crippen LogP contribution in [-0.2, 0) is 0 Å². The highest BCUT2D eigenvalue weighted by molar-refractivity contribution is 4.77. The Kier molecular flexibility index (Phi) is 2.61. The summed E-state index contributed by atoms with van der Waals surface area (Å²) in [5.41, 5.74) is 0.550. The summed E-state index contributed by atoms with van der Waals surface area (Å²) in [7, 11) is 0. The van der Waals surface area contributed by atoms with E-state index in [2.05, 4.69) is 27.7 Å². The molecular weight excluding hydrogens is 132 g/mol. The predicted octanol–water partition coefficient (Wildman–Crippen LogP) is 3.86. The van der Waals surface area contributed by atoms with E-state index >= 15 is 0 Å². The summed E-state index contributed by atoms with van der Waals surface area (Å²) in [5.74, 6) is 2.03. The first kappa shape index (κ1) is 9.09. The van der Waals surface area contributed by atoms with Gasteiger partial charge in [-0.1, -0.05) is 40.5 Å².